The zero-order chi connectivity index (χ0) is 9.80. The normalized spacial score (nSPS) is 34.9. The Labute approximate surface area is 85.9 Å². The van der Waals surface area contributed by atoms with Crippen molar-refractivity contribution in [2.75, 3.05) is 19.8 Å². The van der Waals surface area contributed by atoms with Gasteiger partial charge in [0.15, 0.2) is 0 Å². The lowest BCUT2D eigenvalue weighted by molar-refractivity contribution is -0.00860. The highest BCUT2D eigenvalue weighted by atomic mass is 16.5. The summed E-state index contributed by atoms with van der Waals surface area (Å²) in [5.74, 6) is 0.723. The van der Waals surface area contributed by atoms with E-state index in [0.29, 0.717) is 12.1 Å². The molecule has 1 aliphatic heterocycles. The van der Waals surface area contributed by atoms with Crippen LogP contribution < -0.4 is 5.73 Å². The number of hydrogen-bond donors (Lipinski definition) is 1. The van der Waals surface area contributed by atoms with Crippen LogP contribution in [0.2, 0.25) is 0 Å². The summed E-state index contributed by atoms with van der Waals surface area (Å²) >= 11 is 0. The predicted molar refractivity (Wildman–Crippen MR) is 55.1 cm³/mol. The first-order chi connectivity index (χ1) is 6.84. The van der Waals surface area contributed by atoms with Crippen molar-refractivity contribution in [1.29, 1.82) is 0 Å². The fraction of sp³-hybridized carbons (Fsp3) is 1.00. The van der Waals surface area contributed by atoms with Gasteiger partial charge in [-0.1, -0.05) is 0 Å². The number of rotatable bonds is 3. The van der Waals surface area contributed by atoms with Gasteiger partial charge in [-0.25, -0.2) is 0 Å². The lowest BCUT2D eigenvalue weighted by Gasteiger charge is -2.23. The second-order valence-corrected chi connectivity index (χ2v) is 4.58. The Bertz CT molecular complexity index is 164. The number of nitrogens with two attached hydrogens (primary N) is 1. The van der Waals surface area contributed by atoms with Crippen LogP contribution in [-0.4, -0.2) is 32.0 Å². The van der Waals surface area contributed by atoms with Gasteiger partial charge >= 0.3 is 0 Å². The molecule has 82 valence electrons. The molecular weight excluding hydrogens is 178 g/mol. The van der Waals surface area contributed by atoms with Crippen LogP contribution in [0.25, 0.3) is 0 Å². The van der Waals surface area contributed by atoms with Crippen LogP contribution >= 0.6 is 0 Å². The summed E-state index contributed by atoms with van der Waals surface area (Å²) in [4.78, 5) is 0. The third kappa shape index (κ3) is 2.94. The van der Waals surface area contributed by atoms with E-state index in [1.165, 1.54) is 12.8 Å². The average molecular weight is 199 g/mol. The molecule has 1 saturated heterocycles. The standard InChI is InChI=1S/C11H21NO2/c12-10-1-2-11(7-10)14-8-9-3-5-13-6-4-9/h9-11H,1-8,12H2. The second kappa shape index (κ2) is 5.10. The van der Waals surface area contributed by atoms with Gasteiger partial charge in [-0.2, -0.15) is 0 Å². The molecule has 0 aromatic rings. The molecule has 0 radical (unpaired) electrons. The fourth-order valence-corrected chi connectivity index (χ4v) is 2.31. The van der Waals surface area contributed by atoms with Crippen LogP contribution in [0, 0.1) is 5.92 Å². The Kier molecular flexibility index (Phi) is 3.79. The van der Waals surface area contributed by atoms with Gasteiger partial charge in [0, 0.05) is 25.9 Å². The highest BCUT2D eigenvalue weighted by molar-refractivity contribution is 4.78. The number of ether oxygens (including phenoxy) is 2. The average Bonchev–Trinajstić information content (AvgIpc) is 2.63. The fourth-order valence-electron chi connectivity index (χ4n) is 2.31. The van der Waals surface area contributed by atoms with Gasteiger partial charge in [-0.05, 0) is 38.0 Å². The van der Waals surface area contributed by atoms with Gasteiger partial charge < -0.3 is 15.2 Å². The second-order valence-electron chi connectivity index (χ2n) is 4.58. The van der Waals surface area contributed by atoms with Gasteiger partial charge in [-0.3, -0.25) is 0 Å². The highest BCUT2D eigenvalue weighted by Crippen LogP contribution is 2.23. The van der Waals surface area contributed by atoms with Crippen molar-refractivity contribution >= 4 is 0 Å². The lowest BCUT2D eigenvalue weighted by atomic mass is 10.0. The third-order valence-electron chi connectivity index (χ3n) is 3.33. The summed E-state index contributed by atoms with van der Waals surface area (Å²) in [6.07, 6.45) is 6.12. The maximum atomic E-state index is 5.88. The zero-order valence-corrected chi connectivity index (χ0v) is 8.78. The Morgan fingerprint density at radius 1 is 1.14 bits per heavy atom. The summed E-state index contributed by atoms with van der Waals surface area (Å²) in [5, 5.41) is 0. The van der Waals surface area contributed by atoms with E-state index in [9.17, 15) is 0 Å². The molecule has 3 nitrogen and oxygen atoms in total. The quantitative estimate of drug-likeness (QED) is 0.745. The van der Waals surface area contributed by atoms with Crippen molar-refractivity contribution in [2.45, 2.75) is 44.2 Å². The first-order valence-electron chi connectivity index (χ1n) is 5.79. The molecule has 2 rings (SSSR count). The molecule has 0 amide bonds. The number of hydrogen-bond acceptors (Lipinski definition) is 3. The molecule has 2 atom stereocenters. The van der Waals surface area contributed by atoms with Crippen LogP contribution in [0.4, 0.5) is 0 Å². The first-order valence-corrected chi connectivity index (χ1v) is 5.79. The van der Waals surface area contributed by atoms with Crippen LogP contribution in [0.5, 0.6) is 0 Å². The smallest absolute Gasteiger partial charge is 0.0590 e. The summed E-state index contributed by atoms with van der Waals surface area (Å²) < 4.78 is 11.2. The largest absolute Gasteiger partial charge is 0.381 e. The molecule has 2 fully saturated rings. The van der Waals surface area contributed by atoms with Gasteiger partial charge in [0.05, 0.1) is 6.10 Å². The summed E-state index contributed by atoms with van der Waals surface area (Å²) in [7, 11) is 0. The molecule has 0 aromatic heterocycles. The minimum atomic E-state index is 0.384. The molecule has 1 aliphatic carbocycles. The Morgan fingerprint density at radius 2 is 1.93 bits per heavy atom. The van der Waals surface area contributed by atoms with Crippen LogP contribution in [0.1, 0.15) is 32.1 Å². The third-order valence-corrected chi connectivity index (χ3v) is 3.33. The molecular formula is C11H21NO2. The maximum absolute atomic E-state index is 5.88. The topological polar surface area (TPSA) is 44.5 Å². The van der Waals surface area contributed by atoms with E-state index in [4.69, 9.17) is 15.2 Å². The van der Waals surface area contributed by atoms with Gasteiger partial charge in [0.1, 0.15) is 0 Å². The zero-order valence-electron chi connectivity index (χ0n) is 8.78. The van der Waals surface area contributed by atoms with E-state index in [-0.39, 0.29) is 0 Å². The summed E-state index contributed by atoms with van der Waals surface area (Å²) in [5.41, 5.74) is 5.83. The molecule has 1 heterocycles. The molecule has 0 spiro atoms. The highest BCUT2D eigenvalue weighted by Gasteiger charge is 2.23. The van der Waals surface area contributed by atoms with Gasteiger partial charge in [0.2, 0.25) is 0 Å². The van der Waals surface area contributed by atoms with Crippen molar-refractivity contribution in [2.24, 2.45) is 11.7 Å². The van der Waals surface area contributed by atoms with E-state index in [1.807, 2.05) is 0 Å². The Morgan fingerprint density at radius 3 is 2.57 bits per heavy atom. The Balaban J connectivity index is 1.61. The van der Waals surface area contributed by atoms with Crippen LogP contribution in [0.3, 0.4) is 0 Å². The maximum Gasteiger partial charge on any atom is 0.0590 e. The van der Waals surface area contributed by atoms with Crippen molar-refractivity contribution in [3.05, 3.63) is 0 Å². The predicted octanol–water partition coefficient (Wildman–Crippen LogP) is 1.31. The van der Waals surface area contributed by atoms with E-state index < -0.39 is 0 Å². The van der Waals surface area contributed by atoms with Gasteiger partial charge in [-0.15, -0.1) is 0 Å². The minimum Gasteiger partial charge on any atom is -0.381 e. The lowest BCUT2D eigenvalue weighted by Crippen LogP contribution is -2.23. The summed E-state index contributed by atoms with van der Waals surface area (Å²) in [6, 6.07) is 0.384. The van der Waals surface area contributed by atoms with Crippen molar-refractivity contribution in [1.82, 2.24) is 0 Å². The SMILES string of the molecule is NC1CCC(OCC2CCOCC2)C1. The van der Waals surface area contributed by atoms with E-state index in [0.717, 1.165) is 45.0 Å². The monoisotopic (exact) mass is 199 g/mol. The van der Waals surface area contributed by atoms with E-state index in [1.54, 1.807) is 0 Å². The van der Waals surface area contributed by atoms with E-state index in [2.05, 4.69) is 0 Å². The summed E-state index contributed by atoms with van der Waals surface area (Å²) in [6.45, 7) is 2.75. The van der Waals surface area contributed by atoms with Crippen molar-refractivity contribution in [3.8, 4) is 0 Å². The van der Waals surface area contributed by atoms with E-state index >= 15 is 0 Å². The molecule has 14 heavy (non-hydrogen) atoms. The van der Waals surface area contributed by atoms with Crippen molar-refractivity contribution < 1.29 is 9.47 Å². The molecule has 2 aliphatic rings. The molecule has 2 unspecified atom stereocenters. The minimum absolute atomic E-state index is 0.384. The Hall–Kier alpha value is -0.120. The van der Waals surface area contributed by atoms with Crippen LogP contribution in [-0.2, 0) is 9.47 Å². The molecule has 3 heteroatoms. The molecule has 1 saturated carbocycles. The molecule has 2 N–H and O–H groups in total. The molecule has 0 bridgehead atoms. The van der Waals surface area contributed by atoms with Gasteiger partial charge in [0.25, 0.3) is 0 Å². The van der Waals surface area contributed by atoms with Crippen LogP contribution in [0.15, 0.2) is 0 Å². The molecule has 0 aromatic carbocycles. The van der Waals surface area contributed by atoms with Crippen molar-refractivity contribution in [3.63, 3.8) is 0 Å². The first kappa shape index (κ1) is 10.4.